The molecule has 0 aliphatic carbocycles. The minimum Gasteiger partial charge on any atom is -0.482 e. The molecule has 0 spiro atoms. The molecule has 9 heteroatoms. The van der Waals surface area contributed by atoms with E-state index in [4.69, 9.17) is 32.7 Å². The van der Waals surface area contributed by atoms with Gasteiger partial charge in [0.15, 0.2) is 6.61 Å². The highest BCUT2D eigenvalue weighted by Crippen LogP contribution is 2.37. The van der Waals surface area contributed by atoms with Gasteiger partial charge in [0.25, 0.3) is 5.91 Å². The van der Waals surface area contributed by atoms with Crippen LogP contribution in [0.3, 0.4) is 0 Å². The molecule has 0 unspecified atom stereocenters. The van der Waals surface area contributed by atoms with Crippen molar-refractivity contribution in [1.29, 1.82) is 0 Å². The predicted octanol–water partition coefficient (Wildman–Crippen LogP) is 4.42. The molecule has 1 heterocycles. The van der Waals surface area contributed by atoms with Crippen LogP contribution in [0.2, 0.25) is 10.0 Å². The SMILES string of the molecule is COC(=O)COc1ccc(/C=C2\C(=O)N(c3ccc(Cl)c(Cl)c3)C(C)=C2C(=O)OC)cc1. The number of nitrogens with zero attached hydrogens (tertiary/aromatic N) is 1. The summed E-state index contributed by atoms with van der Waals surface area (Å²) in [5.74, 6) is -1.10. The van der Waals surface area contributed by atoms with Gasteiger partial charge in [-0.05, 0) is 48.9 Å². The van der Waals surface area contributed by atoms with Crippen molar-refractivity contribution in [3.05, 3.63) is 74.9 Å². The van der Waals surface area contributed by atoms with E-state index in [0.29, 0.717) is 27.7 Å². The topological polar surface area (TPSA) is 82.1 Å². The summed E-state index contributed by atoms with van der Waals surface area (Å²) in [6.45, 7) is 1.43. The molecule has 0 atom stereocenters. The van der Waals surface area contributed by atoms with Gasteiger partial charge in [-0.25, -0.2) is 9.59 Å². The van der Waals surface area contributed by atoms with E-state index >= 15 is 0 Å². The summed E-state index contributed by atoms with van der Waals surface area (Å²) >= 11 is 12.1. The fraction of sp³-hybridized carbons (Fsp3) is 0.174. The lowest BCUT2D eigenvalue weighted by atomic mass is 10.0. The summed E-state index contributed by atoms with van der Waals surface area (Å²) < 4.78 is 14.8. The molecule has 0 N–H and O–H groups in total. The minimum absolute atomic E-state index is 0.148. The number of benzene rings is 2. The Morgan fingerprint density at radius 1 is 1.00 bits per heavy atom. The maximum absolute atomic E-state index is 13.3. The molecule has 1 aliphatic heterocycles. The van der Waals surface area contributed by atoms with Crippen LogP contribution < -0.4 is 9.64 Å². The smallest absolute Gasteiger partial charge is 0.343 e. The van der Waals surface area contributed by atoms with Crippen molar-refractivity contribution in [1.82, 2.24) is 0 Å². The lowest BCUT2D eigenvalue weighted by molar-refractivity contribution is -0.143. The molecule has 166 valence electrons. The number of ether oxygens (including phenoxy) is 3. The Hall–Kier alpha value is -3.29. The van der Waals surface area contributed by atoms with Gasteiger partial charge in [0.2, 0.25) is 0 Å². The first-order chi connectivity index (χ1) is 15.3. The van der Waals surface area contributed by atoms with E-state index in [9.17, 15) is 14.4 Å². The molecule has 0 bridgehead atoms. The normalized spacial score (nSPS) is 14.7. The first-order valence-electron chi connectivity index (χ1n) is 9.37. The number of esters is 2. The highest BCUT2D eigenvalue weighted by atomic mass is 35.5. The summed E-state index contributed by atoms with van der Waals surface area (Å²) in [4.78, 5) is 38.4. The summed E-state index contributed by atoms with van der Waals surface area (Å²) in [6.07, 6.45) is 1.58. The zero-order valence-corrected chi connectivity index (χ0v) is 19.0. The van der Waals surface area contributed by atoms with Crippen LogP contribution in [-0.2, 0) is 23.9 Å². The second kappa shape index (κ2) is 9.89. The second-order valence-electron chi connectivity index (χ2n) is 6.68. The van der Waals surface area contributed by atoms with E-state index in [1.54, 1.807) is 55.5 Å². The van der Waals surface area contributed by atoms with Crippen LogP contribution in [0, 0.1) is 0 Å². The first-order valence-corrected chi connectivity index (χ1v) is 10.1. The summed E-state index contributed by atoms with van der Waals surface area (Å²) in [7, 11) is 2.52. The first kappa shape index (κ1) is 23.4. The van der Waals surface area contributed by atoms with Crippen molar-refractivity contribution in [2.45, 2.75) is 6.92 Å². The molecule has 0 radical (unpaired) electrons. The number of allylic oxidation sites excluding steroid dienone is 1. The third-order valence-corrected chi connectivity index (χ3v) is 5.47. The van der Waals surface area contributed by atoms with Crippen LogP contribution in [0.4, 0.5) is 5.69 Å². The zero-order chi connectivity index (χ0) is 23.4. The Kier molecular flexibility index (Phi) is 7.22. The van der Waals surface area contributed by atoms with Crippen LogP contribution in [0.5, 0.6) is 5.75 Å². The van der Waals surface area contributed by atoms with Crippen molar-refractivity contribution < 1.29 is 28.6 Å². The van der Waals surface area contributed by atoms with Crippen LogP contribution in [0.25, 0.3) is 6.08 Å². The Bertz CT molecular complexity index is 1140. The number of carbonyl (C=O) groups is 3. The van der Waals surface area contributed by atoms with E-state index < -0.39 is 17.8 Å². The molecule has 2 aromatic carbocycles. The summed E-state index contributed by atoms with van der Waals surface area (Å²) in [5.41, 5.74) is 1.84. The van der Waals surface area contributed by atoms with E-state index in [1.807, 2.05) is 0 Å². The molecule has 2 aromatic rings. The largest absolute Gasteiger partial charge is 0.482 e. The molecule has 7 nitrogen and oxygen atoms in total. The lowest BCUT2D eigenvalue weighted by Crippen LogP contribution is -2.24. The van der Waals surface area contributed by atoms with Crippen molar-refractivity contribution >= 4 is 52.8 Å². The van der Waals surface area contributed by atoms with Gasteiger partial charge in [0, 0.05) is 5.70 Å². The predicted molar refractivity (Wildman–Crippen MR) is 121 cm³/mol. The Balaban J connectivity index is 1.96. The molecule has 0 aromatic heterocycles. The number of hydrogen-bond donors (Lipinski definition) is 0. The number of rotatable bonds is 6. The standard InChI is InChI=1S/C23H19Cl2NO6/c1-13-21(23(29)31-3)17(22(28)26(13)15-6-9-18(24)19(25)11-15)10-14-4-7-16(8-5-14)32-12-20(27)30-2/h4-11H,12H2,1-3H3/b17-10-. The molecule has 1 aliphatic rings. The van der Waals surface area contributed by atoms with Gasteiger partial charge in [-0.2, -0.15) is 0 Å². The average Bonchev–Trinajstić information content (AvgIpc) is 3.03. The third-order valence-electron chi connectivity index (χ3n) is 4.73. The van der Waals surface area contributed by atoms with Gasteiger partial charge in [0.05, 0.1) is 41.1 Å². The molecule has 1 amide bonds. The highest BCUT2D eigenvalue weighted by Gasteiger charge is 2.38. The third kappa shape index (κ3) is 4.79. The molecule has 0 fully saturated rings. The van der Waals surface area contributed by atoms with Crippen molar-refractivity contribution in [2.24, 2.45) is 0 Å². The van der Waals surface area contributed by atoms with Gasteiger partial charge >= 0.3 is 11.9 Å². The molecule has 32 heavy (non-hydrogen) atoms. The fourth-order valence-corrected chi connectivity index (χ4v) is 3.44. The Morgan fingerprint density at radius 3 is 2.28 bits per heavy atom. The Labute approximate surface area is 194 Å². The van der Waals surface area contributed by atoms with Crippen LogP contribution in [-0.4, -0.2) is 38.7 Å². The van der Waals surface area contributed by atoms with Gasteiger partial charge < -0.3 is 14.2 Å². The van der Waals surface area contributed by atoms with E-state index in [-0.39, 0.29) is 22.8 Å². The van der Waals surface area contributed by atoms with Crippen LogP contribution >= 0.6 is 23.2 Å². The highest BCUT2D eigenvalue weighted by molar-refractivity contribution is 6.42. The van der Waals surface area contributed by atoms with E-state index in [1.165, 1.54) is 19.1 Å². The number of hydrogen-bond acceptors (Lipinski definition) is 6. The second-order valence-corrected chi connectivity index (χ2v) is 7.50. The number of methoxy groups -OCH3 is 2. The fourth-order valence-electron chi connectivity index (χ4n) is 3.14. The summed E-state index contributed by atoms with van der Waals surface area (Å²) in [5, 5.41) is 0.631. The molecule has 3 rings (SSSR count). The number of carbonyl (C=O) groups excluding carboxylic acids is 3. The van der Waals surface area contributed by atoms with Crippen LogP contribution in [0.1, 0.15) is 12.5 Å². The minimum atomic E-state index is -0.636. The Morgan fingerprint density at radius 2 is 1.69 bits per heavy atom. The summed E-state index contributed by atoms with van der Waals surface area (Å²) in [6, 6.07) is 11.4. The van der Waals surface area contributed by atoms with Gasteiger partial charge in [-0.15, -0.1) is 0 Å². The molecular weight excluding hydrogens is 457 g/mol. The average molecular weight is 476 g/mol. The van der Waals surface area contributed by atoms with Crippen molar-refractivity contribution in [3.63, 3.8) is 0 Å². The number of anilines is 1. The van der Waals surface area contributed by atoms with Crippen LogP contribution in [0.15, 0.2) is 59.3 Å². The zero-order valence-electron chi connectivity index (χ0n) is 17.5. The van der Waals surface area contributed by atoms with E-state index in [2.05, 4.69) is 4.74 Å². The number of amides is 1. The quantitative estimate of drug-likeness (QED) is 0.454. The van der Waals surface area contributed by atoms with Crippen molar-refractivity contribution in [2.75, 3.05) is 25.7 Å². The maximum Gasteiger partial charge on any atom is 0.343 e. The number of halogens is 2. The monoisotopic (exact) mass is 475 g/mol. The van der Waals surface area contributed by atoms with Gasteiger partial charge in [-0.3, -0.25) is 9.69 Å². The molecule has 0 saturated heterocycles. The molecule has 0 saturated carbocycles. The van der Waals surface area contributed by atoms with Crippen molar-refractivity contribution in [3.8, 4) is 5.75 Å². The molecular formula is C23H19Cl2NO6. The lowest BCUT2D eigenvalue weighted by Gasteiger charge is -2.18. The van der Waals surface area contributed by atoms with Gasteiger partial charge in [-0.1, -0.05) is 35.3 Å². The maximum atomic E-state index is 13.3. The van der Waals surface area contributed by atoms with Gasteiger partial charge in [0.1, 0.15) is 5.75 Å². The van der Waals surface area contributed by atoms with E-state index in [0.717, 1.165) is 0 Å².